The van der Waals surface area contributed by atoms with E-state index in [0.29, 0.717) is 25.7 Å². The van der Waals surface area contributed by atoms with Crippen LogP contribution in [-0.4, -0.2) is 112 Å². The van der Waals surface area contributed by atoms with Gasteiger partial charge in [0.05, 0.1) is 24.9 Å². The molecule has 2 rings (SSSR count). The molecule has 1 saturated carbocycles. The van der Waals surface area contributed by atoms with Gasteiger partial charge in [-0.2, -0.15) is 0 Å². The van der Waals surface area contributed by atoms with Crippen molar-refractivity contribution in [3.05, 3.63) is 0 Å². The Labute approximate surface area is 305 Å². The molecule has 0 spiro atoms. The van der Waals surface area contributed by atoms with Crippen LogP contribution in [0.15, 0.2) is 0 Å². The zero-order chi connectivity index (χ0) is 38.3. The lowest BCUT2D eigenvalue weighted by atomic mass is 9.83. The number of unbranched alkanes of at least 4 members (excludes halogenated alkanes) is 3. The Morgan fingerprint density at radius 3 is 2.10 bits per heavy atom. The van der Waals surface area contributed by atoms with Crippen LogP contribution in [0.1, 0.15) is 105 Å². The minimum atomic E-state index is -3.74. The highest BCUT2D eigenvalue weighted by atomic mass is 32.2. The largest absolute Gasteiger partial charge is 0.375 e. The van der Waals surface area contributed by atoms with E-state index in [-0.39, 0.29) is 30.9 Å². The van der Waals surface area contributed by atoms with Crippen LogP contribution < -0.4 is 31.7 Å². The molecule has 0 unspecified atom stereocenters. The number of nitrogens with one attached hydrogen (secondary N) is 5. The molecule has 2 fully saturated rings. The molecule has 2 aliphatic rings. The first-order valence-corrected chi connectivity index (χ1v) is 20.6. The van der Waals surface area contributed by atoms with Crippen LogP contribution in [0.4, 0.5) is 0 Å². The fourth-order valence-electron chi connectivity index (χ4n) is 6.75. The predicted molar refractivity (Wildman–Crippen MR) is 196 cm³/mol. The summed E-state index contributed by atoms with van der Waals surface area (Å²) in [6.45, 7) is 8.78. The molecule has 7 N–H and O–H groups in total. The molecular formula is C35H65N7O8S. The first-order chi connectivity index (χ1) is 24.0. The third kappa shape index (κ3) is 15.0. The van der Waals surface area contributed by atoms with Crippen LogP contribution in [0.2, 0.25) is 0 Å². The quantitative estimate of drug-likeness (QED) is 0.156. The molecule has 16 heteroatoms. The van der Waals surface area contributed by atoms with Crippen LogP contribution in [0.5, 0.6) is 0 Å². The van der Waals surface area contributed by atoms with Gasteiger partial charge in [-0.25, -0.2) is 13.1 Å². The van der Waals surface area contributed by atoms with Crippen molar-refractivity contribution in [2.75, 3.05) is 33.0 Å². The number of sulfonamides is 1. The summed E-state index contributed by atoms with van der Waals surface area (Å²) in [7, 11) is -2.13. The molecule has 0 aromatic rings. The van der Waals surface area contributed by atoms with Crippen LogP contribution in [0.3, 0.4) is 0 Å². The summed E-state index contributed by atoms with van der Waals surface area (Å²) in [5.41, 5.74) is 5.94. The monoisotopic (exact) mass is 743 g/mol. The van der Waals surface area contributed by atoms with E-state index >= 15 is 0 Å². The van der Waals surface area contributed by atoms with Gasteiger partial charge in [-0.05, 0) is 44.4 Å². The van der Waals surface area contributed by atoms with E-state index in [1.165, 1.54) is 4.90 Å². The van der Waals surface area contributed by atoms with Crippen LogP contribution in [-0.2, 0) is 38.7 Å². The molecule has 0 radical (unpaired) electrons. The Morgan fingerprint density at radius 2 is 1.51 bits per heavy atom. The topological polar surface area (TPSA) is 218 Å². The Hall–Kier alpha value is -2.82. The smallest absolute Gasteiger partial charge is 0.244 e. The minimum Gasteiger partial charge on any atom is -0.375 e. The normalized spacial score (nSPS) is 29.0. The number of nitrogens with zero attached hydrogens (tertiary/aromatic N) is 1. The molecule has 1 aliphatic carbocycles. The summed E-state index contributed by atoms with van der Waals surface area (Å²) in [5, 5.41) is 10.9. The molecule has 0 bridgehead atoms. The highest BCUT2D eigenvalue weighted by Crippen LogP contribution is 2.28. The molecule has 7 atom stereocenters. The van der Waals surface area contributed by atoms with Crippen molar-refractivity contribution < 1.29 is 37.1 Å². The summed E-state index contributed by atoms with van der Waals surface area (Å²) in [4.78, 5) is 70.6. The highest BCUT2D eigenvalue weighted by molar-refractivity contribution is 7.88. The molecule has 15 nitrogen and oxygen atoms in total. The summed E-state index contributed by atoms with van der Waals surface area (Å²) in [6, 6.07) is -5.10. The maximum absolute atomic E-state index is 14.1. The second-order valence-electron chi connectivity index (χ2n) is 14.9. The number of hydrogen-bond donors (Lipinski definition) is 6. The van der Waals surface area contributed by atoms with Gasteiger partial charge in [-0.15, -0.1) is 0 Å². The zero-order valence-corrected chi connectivity index (χ0v) is 32.6. The van der Waals surface area contributed by atoms with Crippen molar-refractivity contribution in [3.63, 3.8) is 0 Å². The Balaban J connectivity index is 2.58. The molecule has 5 amide bonds. The molecule has 1 saturated heterocycles. The van der Waals surface area contributed by atoms with Crippen molar-refractivity contribution in [3.8, 4) is 0 Å². The maximum atomic E-state index is 14.1. The van der Waals surface area contributed by atoms with Gasteiger partial charge < -0.3 is 36.6 Å². The van der Waals surface area contributed by atoms with E-state index in [0.717, 1.165) is 51.2 Å². The average molecular weight is 744 g/mol. The van der Waals surface area contributed by atoms with Crippen LogP contribution in [0.25, 0.3) is 0 Å². The van der Waals surface area contributed by atoms with Gasteiger partial charge in [0.15, 0.2) is 0 Å². The first kappa shape index (κ1) is 44.3. The number of nitrogens with two attached hydrogens (primary N) is 1. The summed E-state index contributed by atoms with van der Waals surface area (Å²) >= 11 is 0. The first-order valence-electron chi connectivity index (χ1n) is 18.7. The number of hydrogen-bond acceptors (Lipinski definition) is 9. The van der Waals surface area contributed by atoms with E-state index in [2.05, 4.69) is 32.9 Å². The van der Waals surface area contributed by atoms with E-state index in [9.17, 15) is 32.4 Å². The van der Waals surface area contributed by atoms with Crippen molar-refractivity contribution in [2.45, 2.75) is 142 Å². The lowest BCUT2D eigenvalue weighted by Gasteiger charge is -2.36. The number of amides is 5. The molecule has 0 aromatic heterocycles. The van der Waals surface area contributed by atoms with Crippen molar-refractivity contribution in [1.29, 1.82) is 0 Å². The molecule has 294 valence electrons. The highest BCUT2D eigenvalue weighted by Gasteiger charge is 2.39. The molecule has 1 heterocycles. The average Bonchev–Trinajstić information content (AvgIpc) is 3.08. The van der Waals surface area contributed by atoms with E-state index in [4.69, 9.17) is 10.5 Å². The second kappa shape index (κ2) is 21.6. The van der Waals surface area contributed by atoms with Gasteiger partial charge in [-0.3, -0.25) is 24.0 Å². The maximum Gasteiger partial charge on any atom is 0.244 e. The second-order valence-corrected chi connectivity index (χ2v) is 16.7. The van der Waals surface area contributed by atoms with Gasteiger partial charge in [0, 0.05) is 26.2 Å². The van der Waals surface area contributed by atoms with Gasteiger partial charge in [-0.1, -0.05) is 72.6 Å². The van der Waals surface area contributed by atoms with E-state index in [1.807, 2.05) is 13.8 Å². The van der Waals surface area contributed by atoms with Crippen molar-refractivity contribution >= 4 is 39.6 Å². The SMILES string of the molecule is CCCCCC[C@H]1OC[C@@H](C)NC(=O)[C@H](CNS(C)(=O)=O)NC(=O)[C@H](CN)NC(=O)[C@H](C2CCCCC2)NC(=O)[C@H](CC(C)C)N(C)C(=O)[C@@H]1C. The number of carbonyl (C=O) groups excluding carboxylic acids is 5. The zero-order valence-electron chi connectivity index (χ0n) is 31.8. The number of carbonyl (C=O) groups is 5. The van der Waals surface area contributed by atoms with Gasteiger partial charge >= 0.3 is 0 Å². The lowest BCUT2D eigenvalue weighted by molar-refractivity contribution is -0.147. The Kier molecular flexibility index (Phi) is 18.8. The predicted octanol–water partition coefficient (Wildman–Crippen LogP) is 0.912. The van der Waals surface area contributed by atoms with Gasteiger partial charge in [0.25, 0.3) is 0 Å². The number of ether oxygens (including phenoxy) is 1. The minimum absolute atomic E-state index is 0.0339. The Bertz CT molecular complexity index is 1260. The molecule has 51 heavy (non-hydrogen) atoms. The fraction of sp³-hybridized carbons (Fsp3) is 0.857. The van der Waals surface area contributed by atoms with Crippen LogP contribution >= 0.6 is 0 Å². The fourth-order valence-corrected chi connectivity index (χ4v) is 7.22. The summed E-state index contributed by atoms with van der Waals surface area (Å²) in [5.74, 6) is -3.58. The molecule has 1 aliphatic heterocycles. The van der Waals surface area contributed by atoms with E-state index in [1.54, 1.807) is 20.9 Å². The number of rotatable bonds is 12. The van der Waals surface area contributed by atoms with Crippen LogP contribution in [0, 0.1) is 17.8 Å². The third-order valence-electron chi connectivity index (χ3n) is 9.80. The van der Waals surface area contributed by atoms with Crippen molar-refractivity contribution in [2.24, 2.45) is 23.5 Å². The van der Waals surface area contributed by atoms with Gasteiger partial charge in [0.1, 0.15) is 24.2 Å². The molecular weight excluding hydrogens is 678 g/mol. The number of likely N-dealkylation sites (N-methyl/N-ethyl adjacent to an activating group) is 1. The third-order valence-corrected chi connectivity index (χ3v) is 10.5. The van der Waals surface area contributed by atoms with Gasteiger partial charge in [0.2, 0.25) is 39.6 Å². The van der Waals surface area contributed by atoms with E-state index < -0.39 is 82.4 Å². The standard InChI is InChI=1S/C35H65N7O8S/c1-8-9-10-14-17-29-24(5)35(47)42(6)28(18-22(2)3)33(45)41-30(25-15-12-11-13-16-25)34(46)39-26(19-36)31(43)40-27(20-37-51(7,48)49)32(44)38-23(4)21-50-29/h22-30,37H,8-21,36H2,1-7H3,(H,38,44)(H,39,46)(H,40,43)(H,41,45)/t23-,24-,26+,27+,28+,29-,30+/m1/s1. The Morgan fingerprint density at radius 1 is 0.882 bits per heavy atom. The van der Waals surface area contributed by atoms with Crippen molar-refractivity contribution in [1.82, 2.24) is 30.9 Å². The molecule has 0 aromatic carbocycles. The summed E-state index contributed by atoms with van der Waals surface area (Å²) < 4.78 is 32.4. The lowest BCUT2D eigenvalue weighted by Crippen LogP contribution is -2.62. The summed E-state index contributed by atoms with van der Waals surface area (Å²) in [6.07, 6.45) is 9.34.